The predicted molar refractivity (Wildman–Crippen MR) is 99.5 cm³/mol. The summed E-state index contributed by atoms with van der Waals surface area (Å²) in [5, 5.41) is 9.56. The van der Waals surface area contributed by atoms with Crippen LogP contribution in [0.2, 0.25) is 0 Å². The van der Waals surface area contributed by atoms with Crippen LogP contribution in [0.3, 0.4) is 0 Å². The summed E-state index contributed by atoms with van der Waals surface area (Å²) in [5.41, 5.74) is 3.26. The predicted octanol–water partition coefficient (Wildman–Crippen LogP) is 4.32. The van der Waals surface area contributed by atoms with Crippen LogP contribution in [0.1, 0.15) is 10.4 Å². The number of ether oxygens (including phenoxy) is 1. The molecule has 1 heterocycles. The van der Waals surface area contributed by atoms with Gasteiger partial charge in [-0.3, -0.25) is 4.57 Å². The highest BCUT2D eigenvalue weighted by atomic mass is 19.1. The summed E-state index contributed by atoms with van der Waals surface area (Å²) in [6.45, 7) is 0. The van der Waals surface area contributed by atoms with E-state index in [0.717, 1.165) is 16.8 Å². The number of carbonyl (C=O) groups excluding carboxylic acids is 1. The lowest BCUT2D eigenvalue weighted by Crippen LogP contribution is -2.01. The molecule has 0 saturated carbocycles. The van der Waals surface area contributed by atoms with E-state index in [1.807, 2.05) is 4.57 Å². The number of aromatic nitrogens is 2. The van der Waals surface area contributed by atoms with Gasteiger partial charge in [0.25, 0.3) is 0 Å². The van der Waals surface area contributed by atoms with E-state index in [0.29, 0.717) is 16.9 Å². The van der Waals surface area contributed by atoms with Gasteiger partial charge in [-0.05, 0) is 66.7 Å². The third-order valence-corrected chi connectivity index (χ3v) is 4.29. The third kappa shape index (κ3) is 3.01. The summed E-state index contributed by atoms with van der Waals surface area (Å²) in [4.78, 5) is 16.5. The second-order valence-corrected chi connectivity index (χ2v) is 5.99. The molecular weight excluding hydrogens is 347 g/mol. The van der Waals surface area contributed by atoms with E-state index in [2.05, 4.69) is 4.98 Å². The van der Waals surface area contributed by atoms with Gasteiger partial charge in [-0.2, -0.15) is 0 Å². The fourth-order valence-electron chi connectivity index (χ4n) is 2.98. The van der Waals surface area contributed by atoms with E-state index in [4.69, 9.17) is 4.74 Å². The highest BCUT2D eigenvalue weighted by molar-refractivity contribution is 5.95. The van der Waals surface area contributed by atoms with Crippen molar-refractivity contribution in [2.75, 3.05) is 7.11 Å². The van der Waals surface area contributed by atoms with Crippen molar-refractivity contribution in [3.63, 3.8) is 0 Å². The molecule has 1 N–H and O–H groups in total. The number of hydrogen-bond donors (Lipinski definition) is 1. The summed E-state index contributed by atoms with van der Waals surface area (Å²) < 4.78 is 20.0. The Morgan fingerprint density at radius 1 is 1.04 bits per heavy atom. The zero-order valence-electron chi connectivity index (χ0n) is 14.4. The molecule has 1 aromatic heterocycles. The molecule has 3 aromatic carbocycles. The van der Waals surface area contributed by atoms with Crippen molar-refractivity contribution in [2.45, 2.75) is 0 Å². The van der Waals surface area contributed by atoms with E-state index in [9.17, 15) is 14.3 Å². The minimum Gasteiger partial charge on any atom is -0.508 e. The van der Waals surface area contributed by atoms with Gasteiger partial charge in [0.05, 0.1) is 23.7 Å². The smallest absolute Gasteiger partial charge is 0.337 e. The number of nitrogens with zero attached hydrogens (tertiary/aromatic N) is 2. The maximum Gasteiger partial charge on any atom is 0.337 e. The minimum absolute atomic E-state index is 0.149. The lowest BCUT2D eigenvalue weighted by atomic mass is 10.2. The van der Waals surface area contributed by atoms with Gasteiger partial charge in [0.2, 0.25) is 0 Å². The fourth-order valence-corrected chi connectivity index (χ4v) is 2.98. The number of rotatable bonds is 3. The molecule has 0 spiro atoms. The van der Waals surface area contributed by atoms with Crippen LogP contribution in [0.25, 0.3) is 28.1 Å². The lowest BCUT2D eigenvalue weighted by molar-refractivity contribution is 0.0601. The van der Waals surface area contributed by atoms with E-state index in [1.165, 1.54) is 19.2 Å². The van der Waals surface area contributed by atoms with Crippen LogP contribution in [-0.4, -0.2) is 27.7 Å². The standard InChI is InChI=1S/C21H15FN2O3/c1-27-21(26)14-4-11-19-18(12-14)23-20(13-2-9-17(25)10-3-13)24(19)16-7-5-15(22)6-8-16/h2-12,25H,1H3. The fraction of sp³-hybridized carbons (Fsp3) is 0.0476. The number of methoxy groups -OCH3 is 1. The number of carbonyl (C=O) groups is 1. The van der Waals surface area contributed by atoms with Crippen LogP contribution in [0.15, 0.2) is 66.7 Å². The molecule has 0 amide bonds. The van der Waals surface area contributed by atoms with Gasteiger partial charge in [-0.1, -0.05) is 0 Å². The Balaban J connectivity index is 1.99. The summed E-state index contributed by atoms with van der Waals surface area (Å²) >= 11 is 0. The first-order chi connectivity index (χ1) is 13.1. The first-order valence-corrected chi connectivity index (χ1v) is 8.23. The second kappa shape index (κ2) is 6.57. The van der Waals surface area contributed by atoms with Gasteiger partial charge in [-0.15, -0.1) is 0 Å². The zero-order valence-corrected chi connectivity index (χ0v) is 14.4. The van der Waals surface area contributed by atoms with Gasteiger partial charge in [0.1, 0.15) is 17.4 Å². The Bertz CT molecular complexity index is 1130. The normalized spacial score (nSPS) is 10.9. The number of esters is 1. The molecule has 0 aliphatic heterocycles. The quantitative estimate of drug-likeness (QED) is 0.551. The van der Waals surface area contributed by atoms with E-state index in [1.54, 1.807) is 54.6 Å². The molecule has 0 fully saturated rings. The number of halogens is 1. The first-order valence-electron chi connectivity index (χ1n) is 8.23. The minimum atomic E-state index is -0.445. The molecule has 4 rings (SSSR count). The van der Waals surface area contributed by atoms with Crippen LogP contribution in [0.5, 0.6) is 5.75 Å². The van der Waals surface area contributed by atoms with Gasteiger partial charge in [0.15, 0.2) is 0 Å². The SMILES string of the molecule is COC(=O)c1ccc2c(c1)nc(-c1ccc(O)cc1)n2-c1ccc(F)cc1. The first kappa shape index (κ1) is 16.8. The number of imidazole rings is 1. The summed E-state index contributed by atoms with van der Waals surface area (Å²) in [6, 6.07) is 17.8. The monoisotopic (exact) mass is 362 g/mol. The number of fused-ring (bicyclic) bond motifs is 1. The van der Waals surface area contributed by atoms with Crippen molar-refractivity contribution in [3.05, 3.63) is 78.1 Å². The number of benzene rings is 3. The number of hydrogen-bond acceptors (Lipinski definition) is 4. The number of aromatic hydroxyl groups is 1. The lowest BCUT2D eigenvalue weighted by Gasteiger charge is -2.10. The molecule has 0 unspecified atom stereocenters. The van der Waals surface area contributed by atoms with Crippen molar-refractivity contribution >= 4 is 17.0 Å². The molecule has 0 aliphatic carbocycles. The molecule has 4 aromatic rings. The van der Waals surface area contributed by atoms with E-state index in [-0.39, 0.29) is 11.6 Å². The maximum atomic E-state index is 13.4. The number of phenolic OH excluding ortho intramolecular Hbond substituents is 1. The summed E-state index contributed by atoms with van der Waals surface area (Å²) in [5.74, 6) is -0.0171. The molecule has 27 heavy (non-hydrogen) atoms. The maximum absolute atomic E-state index is 13.4. The third-order valence-electron chi connectivity index (χ3n) is 4.29. The molecule has 0 bridgehead atoms. The second-order valence-electron chi connectivity index (χ2n) is 5.99. The molecule has 5 nitrogen and oxygen atoms in total. The Hall–Kier alpha value is -3.67. The van der Waals surface area contributed by atoms with E-state index >= 15 is 0 Å². The summed E-state index contributed by atoms with van der Waals surface area (Å²) in [6.07, 6.45) is 0. The highest BCUT2D eigenvalue weighted by Crippen LogP contribution is 2.30. The Morgan fingerprint density at radius 2 is 1.74 bits per heavy atom. The molecule has 134 valence electrons. The van der Waals surface area contributed by atoms with Crippen LogP contribution in [0.4, 0.5) is 4.39 Å². The molecule has 0 atom stereocenters. The molecule has 0 radical (unpaired) electrons. The van der Waals surface area contributed by atoms with Crippen LogP contribution < -0.4 is 0 Å². The van der Waals surface area contributed by atoms with Crippen LogP contribution in [-0.2, 0) is 4.74 Å². The van der Waals surface area contributed by atoms with Gasteiger partial charge >= 0.3 is 5.97 Å². The average molecular weight is 362 g/mol. The topological polar surface area (TPSA) is 64.3 Å². The average Bonchev–Trinajstić information content (AvgIpc) is 3.07. The van der Waals surface area contributed by atoms with E-state index < -0.39 is 5.97 Å². The highest BCUT2D eigenvalue weighted by Gasteiger charge is 2.16. The largest absolute Gasteiger partial charge is 0.508 e. The Labute approximate surface area is 154 Å². The zero-order chi connectivity index (χ0) is 19.0. The molecular formula is C21H15FN2O3. The molecule has 6 heteroatoms. The van der Waals surface area contributed by atoms with Crippen molar-refractivity contribution < 1.29 is 19.0 Å². The number of phenols is 1. The van der Waals surface area contributed by atoms with Gasteiger partial charge < -0.3 is 9.84 Å². The van der Waals surface area contributed by atoms with Gasteiger partial charge in [-0.25, -0.2) is 14.2 Å². The molecule has 0 aliphatic rings. The Morgan fingerprint density at radius 3 is 2.41 bits per heavy atom. The Kier molecular flexibility index (Phi) is 4.08. The molecule has 0 saturated heterocycles. The van der Waals surface area contributed by atoms with Crippen molar-refractivity contribution in [1.82, 2.24) is 9.55 Å². The van der Waals surface area contributed by atoms with Crippen LogP contribution >= 0.6 is 0 Å². The summed E-state index contributed by atoms with van der Waals surface area (Å²) in [7, 11) is 1.32. The van der Waals surface area contributed by atoms with Crippen molar-refractivity contribution in [3.8, 4) is 22.8 Å². The van der Waals surface area contributed by atoms with Crippen LogP contribution in [0, 0.1) is 5.82 Å². The van der Waals surface area contributed by atoms with Crippen molar-refractivity contribution in [2.24, 2.45) is 0 Å². The van der Waals surface area contributed by atoms with Crippen molar-refractivity contribution in [1.29, 1.82) is 0 Å². The van der Waals surface area contributed by atoms with Gasteiger partial charge in [0, 0.05) is 11.3 Å².